The van der Waals surface area contributed by atoms with Gasteiger partial charge >= 0.3 is 6.36 Å². The van der Waals surface area contributed by atoms with E-state index < -0.39 is 12.1 Å². The lowest BCUT2D eigenvalue weighted by molar-refractivity contribution is -0.274. The van der Waals surface area contributed by atoms with E-state index in [2.05, 4.69) is 25.3 Å². The first kappa shape index (κ1) is 21.8. The molecule has 0 saturated carbocycles. The molecule has 2 aromatic carbocycles. The van der Waals surface area contributed by atoms with Crippen molar-refractivity contribution in [3.05, 3.63) is 53.7 Å². The van der Waals surface area contributed by atoms with Crippen molar-refractivity contribution in [3.8, 4) is 5.75 Å². The fourth-order valence-corrected chi connectivity index (χ4v) is 3.60. The number of nitrogens with one attached hydrogen (secondary N) is 2. The molecule has 0 atom stereocenters. The molecule has 0 spiro atoms. The van der Waals surface area contributed by atoms with Crippen LogP contribution in [-0.4, -0.2) is 53.3 Å². The van der Waals surface area contributed by atoms with Gasteiger partial charge in [-0.2, -0.15) is 0 Å². The molecule has 1 aromatic heterocycles. The van der Waals surface area contributed by atoms with Crippen molar-refractivity contribution in [1.82, 2.24) is 20.2 Å². The topological polar surface area (TPSA) is 79.4 Å². The number of fused-ring (bicyclic) bond motifs is 1. The van der Waals surface area contributed by atoms with Crippen molar-refractivity contribution in [2.75, 3.05) is 31.5 Å². The molecule has 0 unspecified atom stereocenters. The molecule has 7 nitrogen and oxygen atoms in total. The van der Waals surface area contributed by atoms with Gasteiger partial charge in [-0.25, -0.2) is 9.97 Å². The lowest BCUT2D eigenvalue weighted by Crippen LogP contribution is -2.46. The van der Waals surface area contributed by atoms with Crippen molar-refractivity contribution >= 4 is 28.4 Å². The van der Waals surface area contributed by atoms with Gasteiger partial charge in [0.15, 0.2) is 5.75 Å². The van der Waals surface area contributed by atoms with Crippen LogP contribution in [0.15, 0.2) is 42.6 Å². The summed E-state index contributed by atoms with van der Waals surface area (Å²) in [5, 5.41) is 6.76. The summed E-state index contributed by atoms with van der Waals surface area (Å²) in [4.78, 5) is 23.0. The maximum atomic E-state index is 13.1. The number of alkyl halides is 3. The van der Waals surface area contributed by atoms with E-state index in [1.807, 2.05) is 25.1 Å². The average molecular weight is 445 g/mol. The van der Waals surface area contributed by atoms with Crippen LogP contribution in [0.5, 0.6) is 5.75 Å². The molecule has 0 bridgehead atoms. The highest BCUT2D eigenvalue weighted by Gasteiger charge is 2.33. The van der Waals surface area contributed by atoms with Crippen LogP contribution in [-0.2, 0) is 6.42 Å². The Morgan fingerprint density at radius 3 is 2.72 bits per heavy atom. The van der Waals surface area contributed by atoms with Crippen LogP contribution in [0.4, 0.5) is 24.8 Å². The van der Waals surface area contributed by atoms with Gasteiger partial charge in [-0.3, -0.25) is 4.79 Å². The molecular weight excluding hydrogens is 423 g/mol. The van der Waals surface area contributed by atoms with Gasteiger partial charge in [0.1, 0.15) is 0 Å². The molecule has 2 heterocycles. The lowest BCUT2D eigenvalue weighted by atomic mass is 10.1. The zero-order chi connectivity index (χ0) is 22.7. The number of halogens is 3. The number of piperazine rings is 1. The lowest BCUT2D eigenvalue weighted by Gasteiger charge is -2.27. The Hall–Kier alpha value is -3.40. The minimum Gasteiger partial charge on any atom is -0.404 e. The average Bonchev–Trinajstić information content (AvgIpc) is 2.79. The van der Waals surface area contributed by atoms with Gasteiger partial charge in [0, 0.05) is 43.3 Å². The predicted molar refractivity (Wildman–Crippen MR) is 114 cm³/mol. The molecule has 1 aliphatic heterocycles. The summed E-state index contributed by atoms with van der Waals surface area (Å²) in [5.74, 6) is -0.739. The standard InChI is InChI=1S/C22H22F3N5O2/c1-2-14-4-3-5-16-13-27-21(29-19(14)16)28-17-7-6-15(12-18(17)32-22(23,24)25)20(31)30-10-8-26-9-11-30/h3-7,12-13,26H,2,8-11H2,1H3,(H,27,28,29). The number of amides is 1. The highest BCUT2D eigenvalue weighted by molar-refractivity contribution is 5.95. The molecule has 168 valence electrons. The van der Waals surface area contributed by atoms with E-state index in [0.717, 1.165) is 29.0 Å². The van der Waals surface area contributed by atoms with Gasteiger partial charge in [0.2, 0.25) is 5.95 Å². The number of aryl methyl sites for hydroxylation is 1. The molecule has 1 aliphatic rings. The van der Waals surface area contributed by atoms with Crippen LogP contribution < -0.4 is 15.4 Å². The Bertz CT molecular complexity index is 1130. The largest absolute Gasteiger partial charge is 0.573 e. The molecule has 3 aromatic rings. The minimum absolute atomic E-state index is 0.00696. The van der Waals surface area contributed by atoms with E-state index in [4.69, 9.17) is 0 Å². The van der Waals surface area contributed by atoms with E-state index >= 15 is 0 Å². The number of hydrogen-bond acceptors (Lipinski definition) is 6. The third-order valence-corrected chi connectivity index (χ3v) is 5.18. The second kappa shape index (κ2) is 8.99. The Labute approximate surface area is 182 Å². The van der Waals surface area contributed by atoms with Gasteiger partial charge in [0.05, 0.1) is 11.2 Å². The molecule has 0 radical (unpaired) electrons. The Balaban J connectivity index is 1.66. The predicted octanol–water partition coefficient (Wildman–Crippen LogP) is 3.88. The maximum absolute atomic E-state index is 13.1. The summed E-state index contributed by atoms with van der Waals surface area (Å²) in [6.45, 7) is 4.23. The number of ether oxygens (including phenoxy) is 1. The van der Waals surface area contributed by atoms with Crippen LogP contribution in [0.25, 0.3) is 10.9 Å². The number of nitrogens with zero attached hydrogens (tertiary/aromatic N) is 3. The fraction of sp³-hybridized carbons (Fsp3) is 0.318. The number of benzene rings is 2. The summed E-state index contributed by atoms with van der Waals surface area (Å²) in [5.41, 5.74) is 1.84. The maximum Gasteiger partial charge on any atom is 0.573 e. The molecular formula is C22H22F3N5O2. The molecule has 32 heavy (non-hydrogen) atoms. The van der Waals surface area contributed by atoms with Crippen molar-refractivity contribution in [2.24, 2.45) is 0 Å². The van der Waals surface area contributed by atoms with E-state index in [9.17, 15) is 18.0 Å². The smallest absolute Gasteiger partial charge is 0.404 e. The van der Waals surface area contributed by atoms with Crippen molar-refractivity contribution < 1.29 is 22.7 Å². The van der Waals surface area contributed by atoms with E-state index in [1.165, 1.54) is 12.1 Å². The van der Waals surface area contributed by atoms with E-state index in [1.54, 1.807) is 11.1 Å². The Morgan fingerprint density at radius 2 is 2.00 bits per heavy atom. The zero-order valence-corrected chi connectivity index (χ0v) is 17.4. The van der Waals surface area contributed by atoms with Crippen molar-refractivity contribution in [1.29, 1.82) is 0 Å². The molecule has 2 N–H and O–H groups in total. The molecule has 1 fully saturated rings. The third-order valence-electron chi connectivity index (χ3n) is 5.18. The fourth-order valence-electron chi connectivity index (χ4n) is 3.60. The van der Waals surface area contributed by atoms with Crippen molar-refractivity contribution in [3.63, 3.8) is 0 Å². The second-order valence-corrected chi connectivity index (χ2v) is 7.33. The first-order valence-electron chi connectivity index (χ1n) is 10.3. The van der Waals surface area contributed by atoms with Crippen LogP contribution in [0.1, 0.15) is 22.8 Å². The summed E-state index contributed by atoms with van der Waals surface area (Å²) >= 11 is 0. The summed E-state index contributed by atoms with van der Waals surface area (Å²) < 4.78 is 43.4. The second-order valence-electron chi connectivity index (χ2n) is 7.33. The van der Waals surface area contributed by atoms with Crippen LogP contribution in [0, 0.1) is 0 Å². The van der Waals surface area contributed by atoms with Gasteiger partial charge in [-0.05, 0) is 30.2 Å². The van der Waals surface area contributed by atoms with Gasteiger partial charge in [0.25, 0.3) is 5.91 Å². The summed E-state index contributed by atoms with van der Waals surface area (Å²) in [6.07, 6.45) is -2.57. The van der Waals surface area contributed by atoms with Gasteiger partial charge < -0.3 is 20.3 Å². The normalized spacial score (nSPS) is 14.4. The quantitative estimate of drug-likeness (QED) is 0.621. The van der Waals surface area contributed by atoms with Gasteiger partial charge in [-0.15, -0.1) is 13.2 Å². The number of anilines is 2. The van der Waals surface area contributed by atoms with Crippen LogP contribution in [0.2, 0.25) is 0 Å². The van der Waals surface area contributed by atoms with E-state index in [0.29, 0.717) is 26.2 Å². The Kier molecular flexibility index (Phi) is 6.13. The number of aromatic nitrogens is 2. The highest BCUT2D eigenvalue weighted by atomic mass is 19.4. The first-order valence-corrected chi connectivity index (χ1v) is 10.3. The first-order chi connectivity index (χ1) is 15.3. The third kappa shape index (κ3) is 4.91. The molecule has 1 saturated heterocycles. The monoisotopic (exact) mass is 445 g/mol. The molecule has 0 aliphatic carbocycles. The zero-order valence-electron chi connectivity index (χ0n) is 17.4. The highest BCUT2D eigenvalue weighted by Crippen LogP contribution is 2.33. The SMILES string of the molecule is CCc1cccc2cnc(Nc3ccc(C(=O)N4CCNCC4)cc3OC(F)(F)F)nc12. The number of carbonyl (C=O) groups is 1. The number of para-hydroxylation sites is 1. The van der Waals surface area contributed by atoms with Crippen molar-refractivity contribution in [2.45, 2.75) is 19.7 Å². The van der Waals surface area contributed by atoms with Gasteiger partial charge in [-0.1, -0.05) is 25.1 Å². The number of carbonyl (C=O) groups excluding carboxylic acids is 1. The molecule has 10 heteroatoms. The molecule has 4 rings (SSSR count). The summed E-state index contributed by atoms with van der Waals surface area (Å²) in [6, 6.07) is 9.64. The Morgan fingerprint density at radius 1 is 1.22 bits per heavy atom. The van der Waals surface area contributed by atoms with Crippen LogP contribution >= 0.6 is 0 Å². The van der Waals surface area contributed by atoms with E-state index in [-0.39, 0.29) is 23.1 Å². The molecule has 1 amide bonds. The minimum atomic E-state index is -4.92. The summed E-state index contributed by atoms with van der Waals surface area (Å²) in [7, 11) is 0. The van der Waals surface area contributed by atoms with Crippen LogP contribution in [0.3, 0.4) is 0 Å². The number of hydrogen-bond donors (Lipinski definition) is 2. The number of rotatable bonds is 5.